The van der Waals surface area contributed by atoms with Gasteiger partial charge in [-0.15, -0.1) is 0 Å². The van der Waals surface area contributed by atoms with Crippen molar-refractivity contribution in [2.24, 2.45) is 0 Å². The molecule has 0 fully saturated rings. The Balaban J connectivity index is 1.79. The molecule has 0 aliphatic rings. The number of rotatable bonds is 7. The first kappa shape index (κ1) is 23.7. The minimum atomic E-state index is -0.630. The van der Waals surface area contributed by atoms with Gasteiger partial charge in [0.05, 0.1) is 34.5 Å². The third kappa shape index (κ3) is 5.84. The van der Waals surface area contributed by atoms with Crippen LogP contribution >= 0.6 is 23.2 Å². The molecule has 0 heterocycles. The van der Waals surface area contributed by atoms with E-state index < -0.39 is 5.91 Å². The van der Waals surface area contributed by atoms with Crippen molar-refractivity contribution in [3.05, 3.63) is 93.0 Å². The molecule has 33 heavy (non-hydrogen) atoms. The first-order chi connectivity index (χ1) is 16.0. The van der Waals surface area contributed by atoms with Gasteiger partial charge in [0.2, 0.25) is 0 Å². The second-order valence-electron chi connectivity index (χ2n) is 6.69. The van der Waals surface area contributed by atoms with E-state index in [0.717, 1.165) is 5.56 Å². The number of amides is 1. The lowest BCUT2D eigenvalue weighted by Gasteiger charge is -2.12. The fraction of sp³-hybridized carbons (Fsp3) is 0.0800. The number of ether oxygens (including phenoxy) is 2. The molecule has 6 nitrogen and oxygen atoms in total. The minimum Gasteiger partial charge on any atom is -0.493 e. The molecule has 164 valence electrons. The van der Waals surface area contributed by atoms with Crippen LogP contribution in [0.2, 0.25) is 10.0 Å². The molecule has 0 atom stereocenters. The van der Waals surface area contributed by atoms with E-state index in [2.05, 4.69) is 11.4 Å². The first-order valence-electron chi connectivity index (χ1n) is 9.62. The number of nitrogens with zero attached hydrogens (tertiary/aromatic N) is 2. The Hall–Kier alpha value is -3.97. The van der Waals surface area contributed by atoms with Gasteiger partial charge in [-0.05, 0) is 42.0 Å². The van der Waals surface area contributed by atoms with Gasteiger partial charge in [0.1, 0.15) is 18.2 Å². The van der Waals surface area contributed by atoms with Crippen molar-refractivity contribution >= 4 is 40.9 Å². The van der Waals surface area contributed by atoms with Crippen LogP contribution in [0.3, 0.4) is 0 Å². The van der Waals surface area contributed by atoms with Crippen LogP contribution in [0, 0.1) is 22.7 Å². The summed E-state index contributed by atoms with van der Waals surface area (Å²) in [4.78, 5) is 12.6. The lowest BCUT2D eigenvalue weighted by atomic mass is 10.1. The Bertz CT molecular complexity index is 1310. The molecule has 1 N–H and O–H groups in total. The number of methoxy groups -OCH3 is 1. The van der Waals surface area contributed by atoms with E-state index in [1.807, 2.05) is 18.2 Å². The van der Waals surface area contributed by atoms with Crippen LogP contribution in [0.15, 0.2) is 66.2 Å². The number of nitriles is 2. The Morgan fingerprint density at radius 1 is 1.06 bits per heavy atom. The van der Waals surface area contributed by atoms with Crippen molar-refractivity contribution in [3.8, 4) is 23.6 Å². The predicted octanol–water partition coefficient (Wildman–Crippen LogP) is 6.00. The number of benzene rings is 3. The van der Waals surface area contributed by atoms with E-state index in [1.54, 1.807) is 48.5 Å². The second-order valence-corrected chi connectivity index (χ2v) is 7.48. The SMILES string of the molecule is COc1cc(/C=C(/C#N)C(=O)Nc2cccc(Cl)c2Cl)ccc1OCc1ccccc1C#N. The Labute approximate surface area is 201 Å². The van der Waals surface area contributed by atoms with E-state index >= 15 is 0 Å². The molecule has 3 aromatic rings. The summed E-state index contributed by atoms with van der Waals surface area (Å²) in [6.07, 6.45) is 1.42. The molecule has 1 amide bonds. The minimum absolute atomic E-state index is 0.135. The molecule has 0 unspecified atom stereocenters. The summed E-state index contributed by atoms with van der Waals surface area (Å²) in [5, 5.41) is 21.8. The fourth-order valence-electron chi connectivity index (χ4n) is 2.91. The molecule has 3 rings (SSSR count). The van der Waals surface area contributed by atoms with Gasteiger partial charge in [0, 0.05) is 5.56 Å². The van der Waals surface area contributed by atoms with Crippen molar-refractivity contribution in [1.82, 2.24) is 0 Å². The average molecular weight is 478 g/mol. The number of anilines is 1. The van der Waals surface area contributed by atoms with Gasteiger partial charge in [-0.3, -0.25) is 4.79 Å². The topological polar surface area (TPSA) is 95.1 Å². The molecule has 0 aliphatic heterocycles. The summed E-state index contributed by atoms with van der Waals surface area (Å²) in [6, 6.07) is 21.0. The average Bonchev–Trinajstić information content (AvgIpc) is 2.84. The van der Waals surface area contributed by atoms with Crippen molar-refractivity contribution in [3.63, 3.8) is 0 Å². The third-order valence-corrected chi connectivity index (χ3v) is 5.40. The number of hydrogen-bond donors (Lipinski definition) is 1. The summed E-state index contributed by atoms with van der Waals surface area (Å²) in [7, 11) is 1.48. The highest BCUT2D eigenvalue weighted by atomic mass is 35.5. The molecule has 0 saturated heterocycles. The van der Waals surface area contributed by atoms with E-state index in [1.165, 1.54) is 13.2 Å². The molecule has 0 spiro atoms. The van der Waals surface area contributed by atoms with Crippen molar-refractivity contribution in [2.45, 2.75) is 6.61 Å². The maximum absolute atomic E-state index is 12.6. The standard InChI is InChI=1S/C25H17Cl2N3O3/c1-32-23-12-16(9-10-22(23)33-15-18-6-3-2-5-17(18)13-28)11-19(14-29)25(31)30-21-8-4-7-20(26)24(21)27/h2-12H,15H2,1H3,(H,30,31)/b19-11-. The van der Waals surface area contributed by atoms with Gasteiger partial charge in [0.15, 0.2) is 11.5 Å². The zero-order chi connectivity index (χ0) is 23.8. The monoisotopic (exact) mass is 477 g/mol. The lowest BCUT2D eigenvalue weighted by molar-refractivity contribution is -0.112. The summed E-state index contributed by atoms with van der Waals surface area (Å²) in [5.41, 5.74) is 1.99. The van der Waals surface area contributed by atoms with Gasteiger partial charge in [-0.2, -0.15) is 10.5 Å². The lowest BCUT2D eigenvalue weighted by Crippen LogP contribution is -2.13. The molecule has 3 aromatic carbocycles. The normalized spacial score (nSPS) is 10.6. The number of halogens is 2. The number of hydrogen-bond acceptors (Lipinski definition) is 5. The summed E-state index contributed by atoms with van der Waals surface area (Å²) in [6.45, 7) is 0.182. The zero-order valence-electron chi connectivity index (χ0n) is 17.4. The van der Waals surface area contributed by atoms with Crippen LogP contribution in [-0.4, -0.2) is 13.0 Å². The summed E-state index contributed by atoms with van der Waals surface area (Å²) >= 11 is 12.1. The molecule has 0 aliphatic carbocycles. The van der Waals surface area contributed by atoms with Crippen molar-refractivity contribution in [2.75, 3.05) is 12.4 Å². The largest absolute Gasteiger partial charge is 0.493 e. The Morgan fingerprint density at radius 3 is 2.58 bits per heavy atom. The molecule has 8 heteroatoms. The highest BCUT2D eigenvalue weighted by molar-refractivity contribution is 6.44. The molecular formula is C25H17Cl2N3O3. The second kappa shape index (κ2) is 11.1. The molecule has 0 aromatic heterocycles. The Kier molecular flexibility index (Phi) is 7.94. The van der Waals surface area contributed by atoms with Gasteiger partial charge in [-0.25, -0.2) is 0 Å². The van der Waals surface area contributed by atoms with Crippen LogP contribution in [0.25, 0.3) is 6.08 Å². The van der Waals surface area contributed by atoms with E-state index in [0.29, 0.717) is 28.3 Å². The predicted molar refractivity (Wildman–Crippen MR) is 127 cm³/mol. The number of carbonyl (C=O) groups excluding carboxylic acids is 1. The smallest absolute Gasteiger partial charge is 0.266 e. The number of carbonyl (C=O) groups is 1. The van der Waals surface area contributed by atoms with Crippen molar-refractivity contribution in [1.29, 1.82) is 10.5 Å². The van der Waals surface area contributed by atoms with Gasteiger partial charge < -0.3 is 14.8 Å². The maximum atomic E-state index is 12.6. The van der Waals surface area contributed by atoms with Crippen LogP contribution in [0.4, 0.5) is 5.69 Å². The van der Waals surface area contributed by atoms with E-state index in [9.17, 15) is 15.3 Å². The van der Waals surface area contributed by atoms with E-state index in [-0.39, 0.29) is 22.2 Å². The van der Waals surface area contributed by atoms with Gasteiger partial charge >= 0.3 is 0 Å². The fourth-order valence-corrected chi connectivity index (χ4v) is 3.26. The summed E-state index contributed by atoms with van der Waals surface area (Å²) < 4.78 is 11.2. The van der Waals surface area contributed by atoms with Crippen LogP contribution < -0.4 is 14.8 Å². The molecule has 0 radical (unpaired) electrons. The highest BCUT2D eigenvalue weighted by Gasteiger charge is 2.14. The van der Waals surface area contributed by atoms with Crippen LogP contribution in [-0.2, 0) is 11.4 Å². The molecular weight excluding hydrogens is 461 g/mol. The maximum Gasteiger partial charge on any atom is 0.266 e. The molecule has 0 bridgehead atoms. The Morgan fingerprint density at radius 2 is 1.85 bits per heavy atom. The highest BCUT2D eigenvalue weighted by Crippen LogP contribution is 2.31. The van der Waals surface area contributed by atoms with Gasteiger partial charge in [0.25, 0.3) is 5.91 Å². The number of nitrogens with one attached hydrogen (secondary N) is 1. The van der Waals surface area contributed by atoms with Gasteiger partial charge in [-0.1, -0.05) is 53.5 Å². The first-order valence-corrected chi connectivity index (χ1v) is 10.4. The quantitative estimate of drug-likeness (QED) is 0.332. The van der Waals surface area contributed by atoms with Crippen LogP contribution in [0.1, 0.15) is 16.7 Å². The van der Waals surface area contributed by atoms with Crippen LogP contribution in [0.5, 0.6) is 11.5 Å². The summed E-state index contributed by atoms with van der Waals surface area (Å²) in [5.74, 6) is 0.235. The zero-order valence-corrected chi connectivity index (χ0v) is 18.9. The van der Waals surface area contributed by atoms with Crippen molar-refractivity contribution < 1.29 is 14.3 Å². The molecule has 0 saturated carbocycles. The third-order valence-electron chi connectivity index (χ3n) is 4.58. The van der Waals surface area contributed by atoms with E-state index in [4.69, 9.17) is 32.7 Å².